The normalized spacial score (nSPS) is 32.8. The van der Waals surface area contributed by atoms with Gasteiger partial charge >= 0.3 is 11.8 Å². The Morgan fingerprint density at radius 2 is 1.69 bits per heavy atom. The average Bonchev–Trinajstić information content (AvgIpc) is 2.60. The van der Waals surface area contributed by atoms with E-state index in [-0.39, 0.29) is 11.5 Å². The number of benzene rings is 1. The third kappa shape index (κ3) is 3.19. The van der Waals surface area contributed by atoms with Gasteiger partial charge in [-0.1, -0.05) is 6.07 Å². The molecular formula is C21H28N2O3. The number of nitrogens with one attached hydrogen (secondary N) is 2. The minimum absolute atomic E-state index is 0.0412. The van der Waals surface area contributed by atoms with Gasteiger partial charge in [-0.2, -0.15) is 0 Å². The van der Waals surface area contributed by atoms with Gasteiger partial charge < -0.3 is 15.4 Å². The molecule has 140 valence electrons. The standard InChI is InChI=1S/C21H28N2O3/c1-13(21-10-14-6-15(11-21)8-16(7-14)12-21)22-19(24)20(25)23-17-4-3-5-18(9-17)26-2/h3-5,9,13-16H,6-8,10-12H2,1-2H3,(H,22,24)(H,23,25). The first-order valence-corrected chi connectivity index (χ1v) is 9.73. The van der Waals surface area contributed by atoms with Crippen LogP contribution in [0.2, 0.25) is 0 Å². The lowest BCUT2D eigenvalue weighted by Crippen LogP contribution is -2.57. The number of hydrogen-bond acceptors (Lipinski definition) is 3. The first kappa shape index (κ1) is 17.4. The molecule has 5 nitrogen and oxygen atoms in total. The Balaban J connectivity index is 1.39. The molecule has 4 bridgehead atoms. The minimum atomic E-state index is -0.616. The Morgan fingerprint density at radius 1 is 1.08 bits per heavy atom. The van der Waals surface area contributed by atoms with Crippen molar-refractivity contribution >= 4 is 17.5 Å². The van der Waals surface area contributed by atoms with Gasteiger partial charge in [-0.05, 0) is 80.8 Å². The van der Waals surface area contributed by atoms with Gasteiger partial charge in [0.05, 0.1) is 7.11 Å². The van der Waals surface area contributed by atoms with E-state index in [0.29, 0.717) is 11.4 Å². The Bertz CT molecular complexity index is 680. The third-order valence-electron chi connectivity index (χ3n) is 6.89. The van der Waals surface area contributed by atoms with E-state index in [4.69, 9.17) is 4.74 Å². The van der Waals surface area contributed by atoms with Gasteiger partial charge in [0, 0.05) is 17.8 Å². The van der Waals surface area contributed by atoms with Crippen molar-refractivity contribution < 1.29 is 14.3 Å². The first-order chi connectivity index (χ1) is 12.5. The molecule has 0 heterocycles. The van der Waals surface area contributed by atoms with Crippen molar-refractivity contribution in [3.05, 3.63) is 24.3 Å². The molecule has 0 saturated heterocycles. The summed E-state index contributed by atoms with van der Waals surface area (Å²) in [5.41, 5.74) is 0.757. The lowest BCUT2D eigenvalue weighted by molar-refractivity contribution is -0.138. The zero-order chi connectivity index (χ0) is 18.3. The maximum atomic E-state index is 12.5. The molecule has 0 spiro atoms. The molecule has 1 aromatic rings. The van der Waals surface area contributed by atoms with Crippen molar-refractivity contribution in [3.8, 4) is 5.75 Å². The maximum absolute atomic E-state index is 12.5. The van der Waals surface area contributed by atoms with Crippen LogP contribution in [0.4, 0.5) is 5.69 Å². The Labute approximate surface area is 154 Å². The lowest BCUT2D eigenvalue weighted by Gasteiger charge is -2.59. The SMILES string of the molecule is COc1cccc(NC(=O)C(=O)NC(C)C23CC4CC(CC(C4)C2)C3)c1. The predicted octanol–water partition coefficient (Wildman–Crippen LogP) is 3.35. The summed E-state index contributed by atoms with van der Waals surface area (Å²) in [5.74, 6) is 1.96. The van der Waals surface area contributed by atoms with Gasteiger partial charge in [0.2, 0.25) is 0 Å². The van der Waals surface area contributed by atoms with Crippen LogP contribution in [0.5, 0.6) is 5.75 Å². The summed E-state index contributed by atoms with van der Waals surface area (Å²) < 4.78 is 5.15. The number of rotatable bonds is 4. The number of carbonyl (C=O) groups excluding carboxylic acids is 2. The van der Waals surface area contributed by atoms with Crippen molar-refractivity contribution in [1.82, 2.24) is 5.32 Å². The number of amides is 2. The quantitative estimate of drug-likeness (QED) is 0.813. The van der Waals surface area contributed by atoms with E-state index in [1.807, 2.05) is 0 Å². The molecule has 4 fully saturated rings. The molecule has 0 aromatic heterocycles. The number of ether oxygens (including phenoxy) is 1. The summed E-state index contributed by atoms with van der Waals surface area (Å²) in [6, 6.07) is 7.07. The zero-order valence-corrected chi connectivity index (χ0v) is 15.6. The van der Waals surface area contributed by atoms with Crippen LogP contribution < -0.4 is 15.4 Å². The second-order valence-electron chi connectivity index (χ2n) is 8.66. The summed E-state index contributed by atoms with van der Waals surface area (Å²) in [7, 11) is 1.57. The molecule has 5 heteroatoms. The van der Waals surface area contributed by atoms with Crippen LogP contribution in [0.15, 0.2) is 24.3 Å². The minimum Gasteiger partial charge on any atom is -0.497 e. The van der Waals surface area contributed by atoms with Crippen LogP contribution >= 0.6 is 0 Å². The molecule has 2 amide bonds. The number of anilines is 1. The molecule has 4 aliphatic carbocycles. The van der Waals surface area contributed by atoms with E-state index in [0.717, 1.165) is 17.8 Å². The highest BCUT2D eigenvalue weighted by Crippen LogP contribution is 2.61. The fourth-order valence-corrected chi connectivity index (χ4v) is 6.01. The molecular weight excluding hydrogens is 328 g/mol. The second-order valence-corrected chi connectivity index (χ2v) is 8.66. The van der Waals surface area contributed by atoms with Gasteiger partial charge in [0.1, 0.15) is 5.75 Å². The van der Waals surface area contributed by atoms with Gasteiger partial charge in [-0.25, -0.2) is 0 Å². The second kappa shape index (κ2) is 6.60. The average molecular weight is 356 g/mol. The largest absolute Gasteiger partial charge is 0.497 e. The molecule has 2 N–H and O–H groups in total. The van der Waals surface area contributed by atoms with Crippen LogP contribution in [0.25, 0.3) is 0 Å². The summed E-state index contributed by atoms with van der Waals surface area (Å²) in [6.07, 6.45) is 7.73. The Hall–Kier alpha value is -2.04. The summed E-state index contributed by atoms with van der Waals surface area (Å²) in [6.45, 7) is 2.09. The van der Waals surface area contributed by atoms with Crippen LogP contribution in [-0.2, 0) is 9.59 Å². The summed E-state index contributed by atoms with van der Waals surface area (Å²) in [5, 5.41) is 5.67. The summed E-state index contributed by atoms with van der Waals surface area (Å²) >= 11 is 0. The number of carbonyl (C=O) groups is 2. The monoisotopic (exact) mass is 356 g/mol. The lowest BCUT2D eigenvalue weighted by atomic mass is 9.48. The molecule has 4 saturated carbocycles. The van der Waals surface area contributed by atoms with Gasteiger partial charge in [-0.15, -0.1) is 0 Å². The molecule has 26 heavy (non-hydrogen) atoms. The highest BCUT2D eigenvalue weighted by Gasteiger charge is 2.53. The molecule has 1 atom stereocenters. The van der Waals surface area contributed by atoms with Crippen molar-refractivity contribution in [2.45, 2.75) is 51.5 Å². The number of hydrogen-bond donors (Lipinski definition) is 2. The highest BCUT2D eigenvalue weighted by atomic mass is 16.5. The molecule has 1 unspecified atom stereocenters. The van der Waals surface area contributed by atoms with Crippen LogP contribution in [0, 0.1) is 23.2 Å². The first-order valence-electron chi connectivity index (χ1n) is 9.73. The van der Waals surface area contributed by atoms with E-state index < -0.39 is 11.8 Å². The topological polar surface area (TPSA) is 67.4 Å². The maximum Gasteiger partial charge on any atom is 0.313 e. The van der Waals surface area contributed by atoms with Crippen LogP contribution in [-0.4, -0.2) is 25.0 Å². The van der Waals surface area contributed by atoms with Crippen LogP contribution in [0.1, 0.15) is 45.4 Å². The fourth-order valence-electron chi connectivity index (χ4n) is 6.01. The van der Waals surface area contributed by atoms with E-state index in [2.05, 4.69) is 17.6 Å². The molecule has 0 aliphatic heterocycles. The number of methoxy groups -OCH3 is 1. The fraction of sp³-hybridized carbons (Fsp3) is 0.619. The predicted molar refractivity (Wildman–Crippen MR) is 99.8 cm³/mol. The molecule has 4 aliphatic rings. The van der Waals surface area contributed by atoms with E-state index in [1.54, 1.807) is 31.4 Å². The summed E-state index contributed by atoms with van der Waals surface area (Å²) in [4.78, 5) is 24.8. The van der Waals surface area contributed by atoms with Crippen molar-refractivity contribution in [3.63, 3.8) is 0 Å². The Morgan fingerprint density at radius 3 is 2.27 bits per heavy atom. The van der Waals surface area contributed by atoms with Crippen molar-refractivity contribution in [1.29, 1.82) is 0 Å². The van der Waals surface area contributed by atoms with Crippen molar-refractivity contribution in [2.75, 3.05) is 12.4 Å². The molecule has 0 radical (unpaired) electrons. The van der Waals surface area contributed by atoms with Gasteiger partial charge in [0.25, 0.3) is 0 Å². The van der Waals surface area contributed by atoms with E-state index in [1.165, 1.54) is 38.5 Å². The van der Waals surface area contributed by atoms with Crippen LogP contribution in [0.3, 0.4) is 0 Å². The molecule has 5 rings (SSSR count). The van der Waals surface area contributed by atoms with Gasteiger partial charge in [0.15, 0.2) is 0 Å². The van der Waals surface area contributed by atoms with E-state index in [9.17, 15) is 9.59 Å². The Kier molecular flexibility index (Phi) is 4.41. The third-order valence-corrected chi connectivity index (χ3v) is 6.89. The molecule has 1 aromatic carbocycles. The van der Waals surface area contributed by atoms with E-state index >= 15 is 0 Å². The zero-order valence-electron chi connectivity index (χ0n) is 15.6. The van der Waals surface area contributed by atoms with Gasteiger partial charge in [-0.3, -0.25) is 9.59 Å². The highest BCUT2D eigenvalue weighted by molar-refractivity contribution is 6.39. The van der Waals surface area contributed by atoms with Crippen molar-refractivity contribution in [2.24, 2.45) is 23.2 Å². The smallest absolute Gasteiger partial charge is 0.313 e.